The molecule has 7 heteroatoms. The van der Waals surface area contributed by atoms with Crippen molar-refractivity contribution in [2.24, 2.45) is 0 Å². The number of furan rings is 1. The second-order valence-electron chi connectivity index (χ2n) is 2.69. The zero-order valence-corrected chi connectivity index (χ0v) is 8.37. The fourth-order valence-electron chi connectivity index (χ4n) is 0.748. The second kappa shape index (κ2) is 3.43. The van der Waals surface area contributed by atoms with Crippen molar-refractivity contribution in [3.63, 3.8) is 0 Å². The molecule has 0 spiro atoms. The van der Waals surface area contributed by atoms with Gasteiger partial charge in [-0.1, -0.05) is 0 Å². The van der Waals surface area contributed by atoms with E-state index in [9.17, 15) is 18.3 Å². The Kier molecular flexibility index (Phi) is 2.63. The molecule has 1 heterocycles. The van der Waals surface area contributed by atoms with Crippen LogP contribution in [0.1, 0.15) is 10.6 Å². The first-order valence-corrected chi connectivity index (χ1v) is 5.03. The fraction of sp³-hybridized carbons (Fsp3) is 0.286. The van der Waals surface area contributed by atoms with Gasteiger partial charge >= 0.3 is 0 Å². The lowest BCUT2D eigenvalue weighted by molar-refractivity contribution is -0.257. The third-order valence-corrected chi connectivity index (χ3v) is 3.21. The van der Waals surface area contributed by atoms with Crippen LogP contribution < -0.4 is 5.11 Å². The van der Waals surface area contributed by atoms with Gasteiger partial charge in [-0.05, 0) is 12.1 Å². The molecule has 0 fully saturated rings. The first-order valence-electron chi connectivity index (χ1n) is 3.59. The summed E-state index contributed by atoms with van der Waals surface area (Å²) >= 11 is 0. The minimum absolute atomic E-state index is 0.415. The average Bonchev–Trinajstić information content (AvgIpc) is 2.51. The van der Waals surface area contributed by atoms with E-state index in [1.807, 2.05) is 0 Å². The maximum Gasteiger partial charge on any atom is 0.275 e. The molecule has 0 atom stereocenters. The Labute approximate surface area is 80.8 Å². The highest BCUT2D eigenvalue weighted by atomic mass is 32.2. The normalized spacial score (nSPS) is 11.9. The molecular weight excluding hydrogens is 210 g/mol. The van der Waals surface area contributed by atoms with E-state index in [4.69, 9.17) is 0 Å². The van der Waals surface area contributed by atoms with Gasteiger partial charge in [0.2, 0.25) is 5.09 Å². The number of rotatable bonds is 3. The summed E-state index contributed by atoms with van der Waals surface area (Å²) < 4.78 is 28.3. The Bertz CT molecular complexity index is 444. The number of carboxylic acid groups (broad SMARTS) is 1. The second-order valence-corrected chi connectivity index (χ2v) is 4.78. The van der Waals surface area contributed by atoms with Gasteiger partial charge in [-0.2, -0.15) is 0 Å². The predicted molar refractivity (Wildman–Crippen MR) is 43.9 cm³/mol. The Morgan fingerprint density at radius 3 is 2.36 bits per heavy atom. The van der Waals surface area contributed by atoms with Gasteiger partial charge in [-0.25, -0.2) is 12.7 Å². The van der Waals surface area contributed by atoms with E-state index in [1.54, 1.807) is 0 Å². The van der Waals surface area contributed by atoms with E-state index in [1.165, 1.54) is 14.1 Å². The first kappa shape index (κ1) is 10.7. The highest BCUT2D eigenvalue weighted by Crippen LogP contribution is 2.15. The Balaban J connectivity index is 3.16. The van der Waals surface area contributed by atoms with Gasteiger partial charge in [0.15, 0.2) is 5.76 Å². The number of sulfonamides is 1. The summed E-state index contributed by atoms with van der Waals surface area (Å²) in [5.41, 5.74) is 0. The molecule has 78 valence electrons. The quantitative estimate of drug-likeness (QED) is 0.641. The lowest BCUT2D eigenvalue weighted by Gasteiger charge is -2.07. The standard InChI is InChI=1S/C7H9NO5S/c1-8(2)14(11,12)6-4-3-5(13-6)7(9)10/h3-4H,1-2H3,(H,9,10)/p-1. The molecule has 0 aliphatic carbocycles. The monoisotopic (exact) mass is 218 g/mol. The molecule has 0 amide bonds. The highest BCUT2D eigenvalue weighted by molar-refractivity contribution is 7.88. The summed E-state index contributed by atoms with van der Waals surface area (Å²) in [6.07, 6.45) is 0. The van der Waals surface area contributed by atoms with E-state index in [0.717, 1.165) is 16.4 Å². The molecule has 0 saturated heterocycles. The molecule has 1 rings (SSSR count). The maximum atomic E-state index is 11.4. The minimum Gasteiger partial charge on any atom is -0.542 e. The number of carbonyl (C=O) groups excluding carboxylic acids is 1. The Morgan fingerprint density at radius 2 is 2.00 bits per heavy atom. The van der Waals surface area contributed by atoms with E-state index in [-0.39, 0.29) is 0 Å². The van der Waals surface area contributed by atoms with Crippen molar-refractivity contribution < 1.29 is 22.7 Å². The van der Waals surface area contributed by atoms with Crippen LogP contribution in [-0.4, -0.2) is 32.8 Å². The Hall–Kier alpha value is -1.34. The van der Waals surface area contributed by atoms with Crippen LogP contribution in [0.3, 0.4) is 0 Å². The summed E-state index contributed by atoms with van der Waals surface area (Å²) in [7, 11) is -1.08. The third kappa shape index (κ3) is 1.78. The van der Waals surface area contributed by atoms with Crippen molar-refractivity contribution in [3.05, 3.63) is 17.9 Å². The minimum atomic E-state index is -3.71. The molecular formula is C7H8NO5S-. The molecule has 0 N–H and O–H groups in total. The van der Waals surface area contributed by atoms with E-state index in [0.29, 0.717) is 0 Å². The average molecular weight is 218 g/mol. The summed E-state index contributed by atoms with van der Waals surface area (Å²) in [6, 6.07) is 2.10. The van der Waals surface area contributed by atoms with Gasteiger partial charge in [-0.15, -0.1) is 0 Å². The smallest absolute Gasteiger partial charge is 0.275 e. The van der Waals surface area contributed by atoms with Crippen molar-refractivity contribution in [2.75, 3.05) is 14.1 Å². The van der Waals surface area contributed by atoms with Gasteiger partial charge in [-0.3, -0.25) is 0 Å². The summed E-state index contributed by atoms with van der Waals surface area (Å²) in [5.74, 6) is -2.06. The van der Waals surface area contributed by atoms with Crippen molar-refractivity contribution >= 4 is 16.0 Å². The van der Waals surface area contributed by atoms with Crippen molar-refractivity contribution in [3.8, 4) is 0 Å². The lowest BCUT2D eigenvalue weighted by Crippen LogP contribution is -2.23. The Morgan fingerprint density at radius 1 is 1.43 bits per heavy atom. The number of nitrogens with zero attached hydrogens (tertiary/aromatic N) is 1. The molecule has 0 unspecified atom stereocenters. The largest absolute Gasteiger partial charge is 0.542 e. The molecule has 14 heavy (non-hydrogen) atoms. The predicted octanol–water partition coefficient (Wildman–Crippen LogP) is -1.11. The van der Waals surface area contributed by atoms with Crippen LogP contribution in [0.5, 0.6) is 0 Å². The molecule has 0 saturated carbocycles. The third-order valence-electron chi connectivity index (χ3n) is 1.52. The van der Waals surface area contributed by atoms with Crippen molar-refractivity contribution in [2.45, 2.75) is 5.09 Å². The topological polar surface area (TPSA) is 90.7 Å². The molecule has 0 aliphatic rings. The van der Waals surface area contributed by atoms with Crippen LogP contribution in [0.25, 0.3) is 0 Å². The first-order chi connectivity index (χ1) is 6.35. The highest BCUT2D eigenvalue weighted by Gasteiger charge is 2.21. The van der Waals surface area contributed by atoms with Gasteiger partial charge in [0.05, 0.1) is 0 Å². The number of carbonyl (C=O) groups is 1. The number of aromatic carboxylic acids is 1. The summed E-state index contributed by atoms with van der Waals surface area (Å²) in [6.45, 7) is 0. The molecule has 0 radical (unpaired) electrons. The number of carboxylic acids is 1. The maximum absolute atomic E-state index is 11.4. The van der Waals surface area contributed by atoms with Crippen LogP contribution in [0.4, 0.5) is 0 Å². The van der Waals surface area contributed by atoms with Gasteiger partial charge in [0, 0.05) is 14.1 Å². The van der Waals surface area contributed by atoms with Crippen LogP contribution >= 0.6 is 0 Å². The SMILES string of the molecule is CN(C)S(=O)(=O)c1ccc(C(=O)[O-])o1. The van der Waals surface area contributed by atoms with Crippen LogP contribution in [0.2, 0.25) is 0 Å². The fourth-order valence-corrected chi connectivity index (χ4v) is 1.54. The number of hydrogen-bond donors (Lipinski definition) is 0. The van der Waals surface area contributed by atoms with Crippen LogP contribution in [-0.2, 0) is 10.0 Å². The summed E-state index contributed by atoms with van der Waals surface area (Å²) in [5, 5.41) is 9.88. The van der Waals surface area contributed by atoms with Gasteiger partial charge in [0.25, 0.3) is 10.0 Å². The summed E-state index contributed by atoms with van der Waals surface area (Å²) in [4.78, 5) is 10.3. The van der Waals surface area contributed by atoms with E-state index < -0.39 is 26.8 Å². The molecule has 0 aromatic carbocycles. The molecule has 1 aromatic heterocycles. The van der Waals surface area contributed by atoms with Crippen LogP contribution in [0, 0.1) is 0 Å². The molecule has 6 nitrogen and oxygen atoms in total. The van der Waals surface area contributed by atoms with E-state index in [2.05, 4.69) is 4.42 Å². The van der Waals surface area contributed by atoms with E-state index >= 15 is 0 Å². The van der Waals surface area contributed by atoms with Crippen molar-refractivity contribution in [1.29, 1.82) is 0 Å². The van der Waals surface area contributed by atoms with Gasteiger partial charge in [0.1, 0.15) is 5.97 Å². The zero-order chi connectivity index (χ0) is 10.9. The van der Waals surface area contributed by atoms with Gasteiger partial charge < -0.3 is 14.3 Å². The lowest BCUT2D eigenvalue weighted by atomic mass is 10.5. The number of hydrogen-bond acceptors (Lipinski definition) is 5. The van der Waals surface area contributed by atoms with Crippen LogP contribution in [0.15, 0.2) is 21.6 Å². The zero-order valence-electron chi connectivity index (χ0n) is 7.55. The van der Waals surface area contributed by atoms with Crippen molar-refractivity contribution in [1.82, 2.24) is 4.31 Å². The molecule has 0 aliphatic heterocycles. The molecule has 0 bridgehead atoms. The molecule has 1 aromatic rings.